The lowest BCUT2D eigenvalue weighted by molar-refractivity contribution is -0.138. The van der Waals surface area contributed by atoms with Crippen molar-refractivity contribution < 1.29 is 26.4 Å². The van der Waals surface area contributed by atoms with Gasteiger partial charge in [0.05, 0.1) is 18.4 Å². The number of amides is 1. The molecule has 1 rings (SSSR count). The van der Waals surface area contributed by atoms with Crippen molar-refractivity contribution in [3.05, 3.63) is 35.4 Å². The van der Waals surface area contributed by atoms with Gasteiger partial charge in [0, 0.05) is 6.04 Å². The molecule has 124 valence electrons. The molecule has 1 aromatic rings. The van der Waals surface area contributed by atoms with Crippen molar-refractivity contribution in [3.63, 3.8) is 0 Å². The first-order valence-corrected chi connectivity index (χ1v) is 8.27. The van der Waals surface area contributed by atoms with E-state index in [1.54, 1.807) is 6.92 Å². The third-order valence-electron chi connectivity index (χ3n) is 2.75. The van der Waals surface area contributed by atoms with Crippen LogP contribution in [-0.2, 0) is 27.4 Å². The van der Waals surface area contributed by atoms with Crippen LogP contribution in [0.2, 0.25) is 0 Å². The van der Waals surface area contributed by atoms with Crippen LogP contribution in [0, 0.1) is 0 Å². The first kappa shape index (κ1) is 18.4. The van der Waals surface area contributed by atoms with Gasteiger partial charge >= 0.3 is 6.18 Å². The standard InChI is InChI=1S/C13H17F3N2O3S/c1-9(18-12(19)8-17-22(2,20)21)7-10-5-3-4-6-11(10)13(14,15)16/h3-6,9,17H,7-8H2,1-2H3,(H,18,19)/t9-/m1/s1. The summed E-state index contributed by atoms with van der Waals surface area (Å²) in [5, 5.41) is 2.45. The van der Waals surface area contributed by atoms with Crippen LogP contribution in [0.1, 0.15) is 18.1 Å². The van der Waals surface area contributed by atoms with Gasteiger partial charge in [-0.05, 0) is 25.0 Å². The monoisotopic (exact) mass is 338 g/mol. The van der Waals surface area contributed by atoms with Crippen molar-refractivity contribution in [2.45, 2.75) is 25.6 Å². The highest BCUT2D eigenvalue weighted by molar-refractivity contribution is 7.88. The maximum absolute atomic E-state index is 12.8. The van der Waals surface area contributed by atoms with E-state index in [9.17, 15) is 26.4 Å². The van der Waals surface area contributed by atoms with E-state index in [1.165, 1.54) is 18.2 Å². The summed E-state index contributed by atoms with van der Waals surface area (Å²) in [4.78, 5) is 11.5. The van der Waals surface area contributed by atoms with E-state index in [2.05, 4.69) is 5.32 Å². The largest absolute Gasteiger partial charge is 0.416 e. The maximum Gasteiger partial charge on any atom is 0.416 e. The second kappa shape index (κ2) is 7.10. The average Bonchev–Trinajstić information content (AvgIpc) is 2.34. The molecule has 0 saturated heterocycles. The molecule has 0 fully saturated rings. The number of carbonyl (C=O) groups is 1. The number of nitrogens with one attached hydrogen (secondary N) is 2. The molecule has 0 aliphatic carbocycles. The van der Waals surface area contributed by atoms with Gasteiger partial charge in [0.1, 0.15) is 0 Å². The van der Waals surface area contributed by atoms with E-state index in [0.29, 0.717) is 0 Å². The fourth-order valence-corrected chi connectivity index (χ4v) is 2.27. The molecule has 0 bridgehead atoms. The van der Waals surface area contributed by atoms with Gasteiger partial charge in [0.25, 0.3) is 0 Å². The summed E-state index contributed by atoms with van der Waals surface area (Å²) in [5.41, 5.74) is -0.677. The molecule has 22 heavy (non-hydrogen) atoms. The Morgan fingerprint density at radius 2 is 1.86 bits per heavy atom. The molecule has 1 aromatic carbocycles. The normalized spacial score (nSPS) is 13.7. The Morgan fingerprint density at radius 1 is 1.27 bits per heavy atom. The molecule has 0 radical (unpaired) electrons. The summed E-state index contributed by atoms with van der Waals surface area (Å²) >= 11 is 0. The highest BCUT2D eigenvalue weighted by atomic mass is 32.2. The molecule has 0 heterocycles. The molecule has 2 N–H and O–H groups in total. The number of sulfonamides is 1. The number of hydrogen-bond acceptors (Lipinski definition) is 3. The minimum atomic E-state index is -4.46. The quantitative estimate of drug-likeness (QED) is 0.821. The highest BCUT2D eigenvalue weighted by Gasteiger charge is 2.33. The predicted octanol–water partition coefficient (Wildman–Crippen LogP) is 1.30. The van der Waals surface area contributed by atoms with Crippen LogP contribution < -0.4 is 10.0 Å². The van der Waals surface area contributed by atoms with E-state index >= 15 is 0 Å². The van der Waals surface area contributed by atoms with E-state index in [4.69, 9.17) is 0 Å². The Bertz CT molecular complexity index is 630. The van der Waals surface area contributed by atoms with Crippen LogP contribution in [0.4, 0.5) is 13.2 Å². The molecular weight excluding hydrogens is 321 g/mol. The first-order chi connectivity index (χ1) is 9.99. The maximum atomic E-state index is 12.8. The van der Waals surface area contributed by atoms with E-state index in [-0.39, 0.29) is 12.0 Å². The topological polar surface area (TPSA) is 75.3 Å². The van der Waals surface area contributed by atoms with Crippen molar-refractivity contribution >= 4 is 15.9 Å². The zero-order valence-electron chi connectivity index (χ0n) is 12.1. The SMILES string of the molecule is C[C@H](Cc1ccccc1C(F)(F)F)NC(=O)CNS(C)(=O)=O. The number of benzene rings is 1. The van der Waals surface area contributed by atoms with Crippen LogP contribution in [0.25, 0.3) is 0 Å². The van der Waals surface area contributed by atoms with Gasteiger partial charge in [0.15, 0.2) is 0 Å². The van der Waals surface area contributed by atoms with Crippen molar-refractivity contribution in [3.8, 4) is 0 Å². The molecule has 5 nitrogen and oxygen atoms in total. The number of halogens is 3. The summed E-state index contributed by atoms with van der Waals surface area (Å²) in [6.07, 6.45) is -3.57. The van der Waals surface area contributed by atoms with Gasteiger partial charge in [0.2, 0.25) is 15.9 Å². The van der Waals surface area contributed by atoms with Gasteiger partial charge in [-0.2, -0.15) is 13.2 Å². The number of hydrogen-bond donors (Lipinski definition) is 2. The second-order valence-corrected chi connectivity index (χ2v) is 6.75. The molecule has 0 unspecified atom stereocenters. The lowest BCUT2D eigenvalue weighted by atomic mass is 10.0. The summed E-state index contributed by atoms with van der Waals surface area (Å²) in [6, 6.07) is 4.54. The van der Waals surface area contributed by atoms with Gasteiger partial charge in [-0.1, -0.05) is 18.2 Å². The molecule has 1 amide bonds. The molecular formula is C13H17F3N2O3S. The van der Waals surface area contributed by atoms with E-state index in [0.717, 1.165) is 12.3 Å². The third-order valence-corrected chi connectivity index (χ3v) is 3.42. The molecule has 0 spiro atoms. The van der Waals surface area contributed by atoms with Gasteiger partial charge in [-0.3, -0.25) is 4.79 Å². The fraction of sp³-hybridized carbons (Fsp3) is 0.462. The Morgan fingerprint density at radius 3 is 2.41 bits per heavy atom. The fourth-order valence-electron chi connectivity index (χ4n) is 1.88. The van der Waals surface area contributed by atoms with Crippen LogP contribution in [0.15, 0.2) is 24.3 Å². The van der Waals surface area contributed by atoms with Crippen molar-refractivity contribution in [1.29, 1.82) is 0 Å². The zero-order chi connectivity index (χ0) is 17.0. The van der Waals surface area contributed by atoms with Crippen molar-refractivity contribution in [1.82, 2.24) is 10.0 Å². The van der Waals surface area contributed by atoms with Crippen LogP contribution in [0.5, 0.6) is 0 Å². The number of carbonyl (C=O) groups excluding carboxylic acids is 1. The molecule has 0 aliphatic rings. The van der Waals surface area contributed by atoms with Gasteiger partial charge < -0.3 is 5.32 Å². The Balaban J connectivity index is 2.66. The molecule has 9 heteroatoms. The third kappa shape index (κ3) is 6.44. The zero-order valence-corrected chi connectivity index (χ0v) is 12.9. The van der Waals surface area contributed by atoms with E-state index in [1.807, 2.05) is 4.72 Å². The lowest BCUT2D eigenvalue weighted by Gasteiger charge is -2.17. The molecule has 0 aromatic heterocycles. The molecule has 1 atom stereocenters. The minimum Gasteiger partial charge on any atom is -0.352 e. The Labute approximate surface area is 127 Å². The van der Waals surface area contributed by atoms with Crippen molar-refractivity contribution in [2.75, 3.05) is 12.8 Å². The Hall–Kier alpha value is -1.61. The number of alkyl halides is 3. The summed E-state index contributed by atoms with van der Waals surface area (Å²) < 4.78 is 62.3. The van der Waals surface area contributed by atoms with Gasteiger partial charge in [-0.25, -0.2) is 13.1 Å². The van der Waals surface area contributed by atoms with Crippen LogP contribution in [0.3, 0.4) is 0 Å². The smallest absolute Gasteiger partial charge is 0.352 e. The number of rotatable bonds is 6. The minimum absolute atomic E-state index is 0.0136. The molecule has 0 saturated carbocycles. The van der Waals surface area contributed by atoms with Crippen LogP contribution >= 0.6 is 0 Å². The average molecular weight is 338 g/mol. The summed E-state index contributed by atoms with van der Waals surface area (Å²) in [7, 11) is -3.50. The first-order valence-electron chi connectivity index (χ1n) is 6.38. The second-order valence-electron chi connectivity index (χ2n) is 4.92. The van der Waals surface area contributed by atoms with Crippen molar-refractivity contribution in [2.24, 2.45) is 0 Å². The Kier molecular flexibility index (Phi) is 5.95. The van der Waals surface area contributed by atoms with Crippen LogP contribution in [-0.4, -0.2) is 33.2 Å². The lowest BCUT2D eigenvalue weighted by Crippen LogP contribution is -2.41. The van der Waals surface area contributed by atoms with Gasteiger partial charge in [-0.15, -0.1) is 0 Å². The predicted molar refractivity (Wildman–Crippen MR) is 75.6 cm³/mol. The highest BCUT2D eigenvalue weighted by Crippen LogP contribution is 2.32. The summed E-state index contributed by atoms with van der Waals surface area (Å²) in [5.74, 6) is -0.609. The molecule has 0 aliphatic heterocycles. The van der Waals surface area contributed by atoms with E-state index < -0.39 is 40.3 Å². The summed E-state index contributed by atoms with van der Waals surface area (Å²) in [6.45, 7) is 1.09.